The van der Waals surface area contributed by atoms with Crippen LogP contribution in [0.3, 0.4) is 0 Å². The van der Waals surface area contributed by atoms with E-state index in [4.69, 9.17) is 4.74 Å². The molecule has 2 atom stereocenters. The largest absolute Gasteiger partial charge is 0.378 e. The first-order valence-corrected chi connectivity index (χ1v) is 9.70. The third-order valence-electron chi connectivity index (χ3n) is 5.20. The van der Waals surface area contributed by atoms with Crippen LogP contribution in [0.4, 0.5) is 5.69 Å². The Labute approximate surface area is 175 Å². The van der Waals surface area contributed by atoms with Crippen LogP contribution in [0.5, 0.6) is 0 Å². The summed E-state index contributed by atoms with van der Waals surface area (Å²) in [4.78, 5) is 6.84. The Bertz CT molecular complexity index is 569. The number of hydrogen-bond donors (Lipinski definition) is 2. The highest BCUT2D eigenvalue weighted by Crippen LogP contribution is 2.24. The molecule has 3 rings (SSSR count). The maximum atomic E-state index is 5.68. The molecule has 2 saturated heterocycles. The third kappa shape index (κ3) is 6.01. The molecule has 2 unspecified atom stereocenters. The van der Waals surface area contributed by atoms with Crippen LogP contribution in [-0.4, -0.2) is 45.4 Å². The van der Waals surface area contributed by atoms with E-state index in [2.05, 4.69) is 51.7 Å². The molecule has 5 nitrogen and oxygen atoms in total. The van der Waals surface area contributed by atoms with Crippen LogP contribution in [0.25, 0.3) is 0 Å². The first kappa shape index (κ1) is 21.3. The predicted molar refractivity (Wildman–Crippen MR) is 120 cm³/mol. The molecule has 0 amide bonds. The molecule has 0 aromatic heterocycles. The van der Waals surface area contributed by atoms with Gasteiger partial charge in [0.05, 0.1) is 12.1 Å². The highest BCUT2D eigenvalue weighted by atomic mass is 127. The second-order valence-corrected chi connectivity index (χ2v) is 7.08. The van der Waals surface area contributed by atoms with E-state index in [1.165, 1.54) is 50.0 Å². The summed E-state index contributed by atoms with van der Waals surface area (Å²) in [6, 6.07) is 9.10. The molecule has 2 aliphatic heterocycles. The average Bonchev–Trinajstić information content (AvgIpc) is 3.34. The number of nitrogens with zero attached hydrogens (tertiary/aromatic N) is 2. The molecule has 2 fully saturated rings. The zero-order valence-electron chi connectivity index (χ0n) is 16.0. The van der Waals surface area contributed by atoms with E-state index in [-0.39, 0.29) is 30.0 Å². The van der Waals surface area contributed by atoms with E-state index in [1.807, 2.05) is 7.05 Å². The van der Waals surface area contributed by atoms with Crippen LogP contribution in [0.2, 0.25) is 0 Å². The number of aliphatic imine (C=N–C) groups is 1. The van der Waals surface area contributed by atoms with Crippen molar-refractivity contribution < 1.29 is 4.74 Å². The zero-order valence-corrected chi connectivity index (χ0v) is 18.4. The van der Waals surface area contributed by atoms with Gasteiger partial charge in [-0.1, -0.05) is 12.1 Å². The first-order valence-electron chi connectivity index (χ1n) is 9.70. The number of rotatable bonds is 6. The molecule has 146 valence electrons. The van der Waals surface area contributed by atoms with Crippen LogP contribution in [0.1, 0.15) is 50.6 Å². The number of halogens is 1. The van der Waals surface area contributed by atoms with Gasteiger partial charge in [-0.15, -0.1) is 24.0 Å². The van der Waals surface area contributed by atoms with Gasteiger partial charge in [0.25, 0.3) is 0 Å². The minimum atomic E-state index is 0. The van der Waals surface area contributed by atoms with Crippen LogP contribution >= 0.6 is 24.0 Å². The lowest BCUT2D eigenvalue weighted by molar-refractivity contribution is 0.105. The van der Waals surface area contributed by atoms with Crippen LogP contribution in [0, 0.1) is 0 Å². The maximum Gasteiger partial charge on any atom is 0.191 e. The Hall–Kier alpha value is -1.02. The van der Waals surface area contributed by atoms with Gasteiger partial charge in [0, 0.05) is 39.0 Å². The molecule has 26 heavy (non-hydrogen) atoms. The maximum absolute atomic E-state index is 5.68. The van der Waals surface area contributed by atoms with Crippen molar-refractivity contribution in [1.29, 1.82) is 0 Å². The SMILES string of the molecule is CN=C(NCCC1CCCO1)NC(C)c1cccc(N2CCCC2)c1.I. The van der Waals surface area contributed by atoms with Gasteiger partial charge in [0.1, 0.15) is 0 Å². The number of anilines is 1. The second kappa shape index (κ2) is 11.0. The molecular formula is C20H33IN4O. The fourth-order valence-electron chi connectivity index (χ4n) is 3.67. The molecular weight excluding hydrogens is 439 g/mol. The number of nitrogens with one attached hydrogen (secondary N) is 2. The van der Waals surface area contributed by atoms with E-state index < -0.39 is 0 Å². The Morgan fingerprint density at radius 2 is 2.12 bits per heavy atom. The van der Waals surface area contributed by atoms with Crippen molar-refractivity contribution in [2.45, 2.75) is 51.2 Å². The van der Waals surface area contributed by atoms with Crippen molar-refractivity contribution in [2.24, 2.45) is 4.99 Å². The highest BCUT2D eigenvalue weighted by molar-refractivity contribution is 14.0. The van der Waals surface area contributed by atoms with E-state index in [1.54, 1.807) is 0 Å². The molecule has 0 aliphatic carbocycles. The fraction of sp³-hybridized carbons (Fsp3) is 0.650. The van der Waals surface area contributed by atoms with Crippen LogP contribution in [-0.2, 0) is 4.74 Å². The smallest absolute Gasteiger partial charge is 0.191 e. The molecule has 1 aromatic carbocycles. The second-order valence-electron chi connectivity index (χ2n) is 7.08. The topological polar surface area (TPSA) is 48.9 Å². The third-order valence-corrected chi connectivity index (χ3v) is 5.20. The van der Waals surface area contributed by atoms with Gasteiger partial charge in [-0.3, -0.25) is 4.99 Å². The molecule has 0 bridgehead atoms. The standard InChI is InChI=1S/C20H32N4O.HI/c1-16(17-7-5-8-18(15-17)24-12-3-4-13-24)23-20(21-2)22-11-10-19-9-6-14-25-19;/h5,7-8,15-16,19H,3-4,6,9-14H2,1-2H3,(H2,21,22,23);1H. The Morgan fingerprint density at radius 3 is 2.81 bits per heavy atom. The van der Waals surface area contributed by atoms with Gasteiger partial charge in [-0.2, -0.15) is 0 Å². The Balaban J connectivity index is 0.00000243. The molecule has 2 heterocycles. The van der Waals surface area contributed by atoms with Gasteiger partial charge in [0.15, 0.2) is 5.96 Å². The lowest BCUT2D eigenvalue weighted by Gasteiger charge is -2.22. The van der Waals surface area contributed by atoms with Crippen molar-refractivity contribution >= 4 is 35.6 Å². The minimum Gasteiger partial charge on any atom is -0.378 e. The molecule has 1 aromatic rings. The van der Waals surface area contributed by atoms with Crippen LogP contribution < -0.4 is 15.5 Å². The summed E-state index contributed by atoms with van der Waals surface area (Å²) in [5.74, 6) is 0.858. The summed E-state index contributed by atoms with van der Waals surface area (Å²) in [5, 5.41) is 6.92. The van der Waals surface area contributed by atoms with Crippen molar-refractivity contribution in [3.8, 4) is 0 Å². The molecule has 0 spiro atoms. The van der Waals surface area contributed by atoms with E-state index in [9.17, 15) is 0 Å². The Morgan fingerprint density at radius 1 is 1.31 bits per heavy atom. The summed E-state index contributed by atoms with van der Waals surface area (Å²) in [7, 11) is 1.83. The summed E-state index contributed by atoms with van der Waals surface area (Å²) >= 11 is 0. The summed E-state index contributed by atoms with van der Waals surface area (Å²) in [5.41, 5.74) is 2.64. The zero-order chi connectivity index (χ0) is 17.5. The van der Waals surface area contributed by atoms with E-state index in [0.717, 1.165) is 25.5 Å². The minimum absolute atomic E-state index is 0. The summed E-state index contributed by atoms with van der Waals surface area (Å²) in [6.45, 7) is 6.36. The fourth-order valence-corrected chi connectivity index (χ4v) is 3.67. The van der Waals surface area contributed by atoms with Gasteiger partial charge < -0.3 is 20.3 Å². The highest BCUT2D eigenvalue weighted by Gasteiger charge is 2.16. The lowest BCUT2D eigenvalue weighted by atomic mass is 10.1. The van der Waals surface area contributed by atoms with E-state index in [0.29, 0.717) is 6.10 Å². The quantitative estimate of drug-likeness (QED) is 0.377. The molecule has 6 heteroatoms. The van der Waals surface area contributed by atoms with Crippen molar-refractivity contribution in [3.05, 3.63) is 29.8 Å². The van der Waals surface area contributed by atoms with Gasteiger partial charge in [-0.05, 0) is 56.7 Å². The molecule has 0 saturated carbocycles. The normalized spacial score (nSPS) is 21.4. The summed E-state index contributed by atoms with van der Waals surface area (Å²) in [6.07, 6.45) is 6.45. The molecule has 2 N–H and O–H groups in total. The summed E-state index contributed by atoms with van der Waals surface area (Å²) < 4.78 is 5.68. The van der Waals surface area contributed by atoms with Gasteiger partial charge in [-0.25, -0.2) is 0 Å². The first-order chi connectivity index (χ1) is 12.3. The van der Waals surface area contributed by atoms with E-state index >= 15 is 0 Å². The van der Waals surface area contributed by atoms with Crippen LogP contribution in [0.15, 0.2) is 29.3 Å². The van der Waals surface area contributed by atoms with Crippen molar-refractivity contribution in [1.82, 2.24) is 10.6 Å². The average molecular weight is 472 g/mol. The molecule has 0 radical (unpaired) electrons. The van der Waals surface area contributed by atoms with Gasteiger partial charge in [0.2, 0.25) is 0 Å². The number of benzene rings is 1. The monoisotopic (exact) mass is 472 g/mol. The number of guanidine groups is 1. The van der Waals surface area contributed by atoms with Gasteiger partial charge >= 0.3 is 0 Å². The van der Waals surface area contributed by atoms with Crippen molar-refractivity contribution in [3.63, 3.8) is 0 Å². The lowest BCUT2D eigenvalue weighted by Crippen LogP contribution is -2.39. The molecule has 2 aliphatic rings. The van der Waals surface area contributed by atoms with Crippen molar-refractivity contribution in [2.75, 3.05) is 38.2 Å². The Kier molecular flexibility index (Phi) is 8.98. The predicted octanol–water partition coefficient (Wildman–Crippen LogP) is 3.70. The number of hydrogen-bond acceptors (Lipinski definition) is 3. The number of ether oxygens (including phenoxy) is 1.